The highest BCUT2D eigenvalue weighted by Crippen LogP contribution is 2.37. The third-order valence-electron chi connectivity index (χ3n) is 3.37. The summed E-state index contributed by atoms with van der Waals surface area (Å²) in [6, 6.07) is 10.2. The normalized spacial score (nSPS) is 12.7. The molecule has 0 spiro atoms. The number of thioether (sulfide) groups is 1. The van der Waals surface area contributed by atoms with Gasteiger partial charge in [-0.05, 0) is 48.9 Å². The number of alkyl halides is 3. The quantitative estimate of drug-likeness (QED) is 0.529. The Morgan fingerprint density at radius 3 is 2.44 bits per heavy atom. The van der Waals surface area contributed by atoms with Crippen LogP contribution in [0.15, 0.2) is 47.4 Å². The van der Waals surface area contributed by atoms with E-state index in [0.29, 0.717) is 12.1 Å². The van der Waals surface area contributed by atoms with E-state index in [1.54, 1.807) is 31.2 Å². The molecule has 134 valence electrons. The van der Waals surface area contributed by atoms with Gasteiger partial charge in [0.15, 0.2) is 0 Å². The van der Waals surface area contributed by atoms with E-state index in [1.807, 2.05) is 0 Å². The first-order valence-electron chi connectivity index (χ1n) is 7.40. The maximum atomic E-state index is 13.1. The molecule has 8 heteroatoms. The summed E-state index contributed by atoms with van der Waals surface area (Å²) < 4.78 is 39.4. The highest BCUT2D eigenvalue weighted by molar-refractivity contribution is 8.00. The predicted molar refractivity (Wildman–Crippen MR) is 95.9 cm³/mol. The number of nitrogen functional groups attached to an aromatic ring is 1. The zero-order chi connectivity index (χ0) is 18.6. The number of hydrogen-bond donors (Lipinski definition) is 2. The predicted octanol–water partition coefficient (Wildman–Crippen LogP) is 5.45. The third-order valence-corrected chi connectivity index (χ3v) is 4.98. The fourth-order valence-electron chi connectivity index (χ4n) is 2.11. The largest absolute Gasteiger partial charge is 0.418 e. The van der Waals surface area contributed by atoms with Crippen molar-refractivity contribution in [2.45, 2.75) is 29.7 Å². The van der Waals surface area contributed by atoms with Crippen molar-refractivity contribution in [3.63, 3.8) is 0 Å². The molecule has 2 aromatic rings. The number of carbonyl (C=O) groups is 1. The van der Waals surface area contributed by atoms with Crippen LogP contribution in [0, 0.1) is 0 Å². The number of anilines is 2. The molecule has 2 rings (SSSR count). The molecule has 3 N–H and O–H groups in total. The number of nitrogens with one attached hydrogen (secondary N) is 1. The van der Waals surface area contributed by atoms with E-state index in [1.165, 1.54) is 17.8 Å². The molecule has 0 saturated carbocycles. The van der Waals surface area contributed by atoms with Crippen molar-refractivity contribution in [1.29, 1.82) is 0 Å². The first kappa shape index (κ1) is 19.5. The lowest BCUT2D eigenvalue weighted by Gasteiger charge is -2.18. The van der Waals surface area contributed by atoms with Crippen molar-refractivity contribution in [1.82, 2.24) is 0 Å². The SMILES string of the molecule is CCC(Sc1ccc(N)cc1)C(=O)Nc1ccc(Cl)cc1C(F)(F)F. The number of rotatable bonds is 5. The standard InChI is InChI=1S/C17H16ClF3N2OS/c1-2-15(25-12-6-4-11(22)5-7-12)16(24)23-14-8-3-10(18)9-13(14)17(19,20)21/h3-9,15H,2,22H2,1H3,(H,23,24). The van der Waals surface area contributed by atoms with E-state index in [0.717, 1.165) is 17.0 Å². The number of hydrogen-bond acceptors (Lipinski definition) is 3. The first-order valence-corrected chi connectivity index (χ1v) is 8.66. The van der Waals surface area contributed by atoms with Crippen LogP contribution in [-0.4, -0.2) is 11.2 Å². The van der Waals surface area contributed by atoms with Gasteiger partial charge in [0.1, 0.15) is 0 Å². The van der Waals surface area contributed by atoms with E-state index in [-0.39, 0.29) is 10.7 Å². The van der Waals surface area contributed by atoms with Crippen LogP contribution in [-0.2, 0) is 11.0 Å². The van der Waals surface area contributed by atoms with E-state index in [9.17, 15) is 18.0 Å². The van der Waals surface area contributed by atoms with Gasteiger partial charge in [-0.15, -0.1) is 11.8 Å². The molecule has 1 unspecified atom stereocenters. The molecule has 0 aliphatic rings. The van der Waals surface area contributed by atoms with Crippen LogP contribution in [0.2, 0.25) is 5.02 Å². The summed E-state index contributed by atoms with van der Waals surface area (Å²) in [7, 11) is 0. The summed E-state index contributed by atoms with van der Waals surface area (Å²) in [4.78, 5) is 13.2. The van der Waals surface area contributed by atoms with E-state index >= 15 is 0 Å². The summed E-state index contributed by atoms with van der Waals surface area (Å²) in [5.74, 6) is -0.503. The number of benzene rings is 2. The number of halogens is 4. The van der Waals surface area contributed by atoms with Gasteiger partial charge in [-0.3, -0.25) is 4.79 Å². The molecule has 0 radical (unpaired) electrons. The van der Waals surface area contributed by atoms with Crippen molar-refractivity contribution in [2.75, 3.05) is 11.1 Å². The summed E-state index contributed by atoms with van der Waals surface area (Å²) in [5, 5.41) is 1.77. The zero-order valence-corrected chi connectivity index (χ0v) is 14.8. The van der Waals surface area contributed by atoms with Gasteiger partial charge >= 0.3 is 6.18 Å². The molecule has 3 nitrogen and oxygen atoms in total. The molecule has 25 heavy (non-hydrogen) atoms. The molecule has 1 amide bonds. The molecule has 0 heterocycles. The van der Waals surface area contributed by atoms with Crippen LogP contribution in [0.3, 0.4) is 0 Å². The van der Waals surface area contributed by atoms with Crippen molar-refractivity contribution in [3.05, 3.63) is 53.1 Å². The second kappa shape index (κ2) is 8.01. The Labute approximate surface area is 152 Å². The Balaban J connectivity index is 2.18. The average Bonchev–Trinajstić information content (AvgIpc) is 2.55. The van der Waals surface area contributed by atoms with Gasteiger partial charge in [0.05, 0.1) is 16.5 Å². The van der Waals surface area contributed by atoms with Crippen LogP contribution in [0.25, 0.3) is 0 Å². The van der Waals surface area contributed by atoms with Crippen LogP contribution in [0.1, 0.15) is 18.9 Å². The number of carbonyl (C=O) groups excluding carboxylic acids is 1. The molecule has 0 aliphatic carbocycles. The van der Waals surface area contributed by atoms with E-state index < -0.39 is 22.9 Å². The summed E-state index contributed by atoms with van der Waals surface area (Å²) in [6.07, 6.45) is -4.16. The average molecular weight is 389 g/mol. The fourth-order valence-corrected chi connectivity index (χ4v) is 3.23. The van der Waals surface area contributed by atoms with Crippen LogP contribution < -0.4 is 11.1 Å². The van der Waals surface area contributed by atoms with Crippen molar-refractivity contribution in [2.24, 2.45) is 0 Å². The Morgan fingerprint density at radius 1 is 1.24 bits per heavy atom. The lowest BCUT2D eigenvalue weighted by atomic mass is 10.1. The molecular formula is C17H16ClF3N2OS. The highest BCUT2D eigenvalue weighted by atomic mass is 35.5. The summed E-state index contributed by atoms with van der Waals surface area (Å²) >= 11 is 6.91. The number of amides is 1. The molecule has 0 fully saturated rings. The highest BCUT2D eigenvalue weighted by Gasteiger charge is 2.34. The molecule has 0 aromatic heterocycles. The fraction of sp³-hybridized carbons (Fsp3) is 0.235. The Bertz CT molecular complexity index is 751. The smallest absolute Gasteiger partial charge is 0.399 e. The minimum atomic E-state index is -4.61. The minimum Gasteiger partial charge on any atom is -0.399 e. The van der Waals surface area contributed by atoms with Gasteiger partial charge in [0, 0.05) is 15.6 Å². The molecule has 0 bridgehead atoms. The third kappa shape index (κ3) is 5.31. The van der Waals surface area contributed by atoms with Gasteiger partial charge < -0.3 is 11.1 Å². The topological polar surface area (TPSA) is 55.1 Å². The zero-order valence-electron chi connectivity index (χ0n) is 13.2. The second-order valence-corrected chi connectivity index (χ2v) is 6.97. The maximum absolute atomic E-state index is 13.1. The van der Waals surface area contributed by atoms with Gasteiger partial charge in [-0.1, -0.05) is 18.5 Å². The lowest BCUT2D eigenvalue weighted by molar-refractivity contribution is -0.137. The monoisotopic (exact) mass is 388 g/mol. The Hall–Kier alpha value is -1.86. The maximum Gasteiger partial charge on any atom is 0.418 e. The Morgan fingerprint density at radius 2 is 1.88 bits per heavy atom. The molecular weight excluding hydrogens is 373 g/mol. The van der Waals surface area contributed by atoms with Crippen LogP contribution in [0.4, 0.5) is 24.5 Å². The summed E-state index contributed by atoms with van der Waals surface area (Å²) in [5.41, 5.74) is 4.93. The van der Waals surface area contributed by atoms with E-state index in [4.69, 9.17) is 17.3 Å². The van der Waals surface area contributed by atoms with Crippen LogP contribution >= 0.6 is 23.4 Å². The molecule has 2 aromatic carbocycles. The lowest BCUT2D eigenvalue weighted by Crippen LogP contribution is -2.26. The van der Waals surface area contributed by atoms with Crippen LogP contribution in [0.5, 0.6) is 0 Å². The van der Waals surface area contributed by atoms with E-state index in [2.05, 4.69) is 5.32 Å². The minimum absolute atomic E-state index is 0.0476. The molecule has 1 atom stereocenters. The first-order chi connectivity index (χ1) is 11.7. The van der Waals surface area contributed by atoms with Gasteiger partial charge in [-0.25, -0.2) is 0 Å². The molecule has 0 aliphatic heterocycles. The molecule has 0 saturated heterocycles. The second-order valence-electron chi connectivity index (χ2n) is 5.26. The number of nitrogens with two attached hydrogens (primary N) is 1. The van der Waals surface area contributed by atoms with Gasteiger partial charge in [-0.2, -0.15) is 13.2 Å². The van der Waals surface area contributed by atoms with Gasteiger partial charge in [0.25, 0.3) is 0 Å². The van der Waals surface area contributed by atoms with Crippen molar-refractivity contribution in [3.8, 4) is 0 Å². The van der Waals surface area contributed by atoms with Crippen molar-refractivity contribution >= 4 is 40.6 Å². The Kier molecular flexibility index (Phi) is 6.24. The summed E-state index contributed by atoms with van der Waals surface area (Å²) in [6.45, 7) is 1.79. The van der Waals surface area contributed by atoms with Crippen molar-refractivity contribution < 1.29 is 18.0 Å². The van der Waals surface area contributed by atoms with Gasteiger partial charge in [0.2, 0.25) is 5.91 Å².